The Morgan fingerprint density at radius 3 is 2.22 bits per heavy atom. The molecule has 1 atom stereocenters. The highest BCUT2D eigenvalue weighted by Gasteiger charge is 2.20. The highest BCUT2D eigenvalue weighted by atomic mass is 19.3. The van der Waals surface area contributed by atoms with E-state index in [4.69, 9.17) is 5.11 Å². The molecule has 6 heteroatoms. The molecule has 100 valence electrons. The first-order chi connectivity index (χ1) is 8.40. The second-order valence-electron chi connectivity index (χ2n) is 4.11. The summed E-state index contributed by atoms with van der Waals surface area (Å²) in [4.78, 5) is 11.0. The number of hydrogen-bond acceptors (Lipinski definition) is 3. The van der Waals surface area contributed by atoms with E-state index in [-0.39, 0.29) is 11.7 Å². The first-order valence-corrected chi connectivity index (χ1v) is 5.44. The van der Waals surface area contributed by atoms with Crippen LogP contribution >= 0.6 is 0 Å². The second kappa shape index (κ2) is 6.18. The molecule has 0 aliphatic heterocycles. The lowest BCUT2D eigenvalue weighted by Crippen LogP contribution is -2.34. The van der Waals surface area contributed by atoms with Gasteiger partial charge in [0.2, 0.25) is 0 Å². The smallest absolute Gasteiger partial charge is 0.387 e. The molecule has 0 heterocycles. The van der Waals surface area contributed by atoms with Crippen molar-refractivity contribution in [1.29, 1.82) is 0 Å². The maximum Gasteiger partial charge on any atom is 0.387 e. The molecule has 1 aromatic rings. The summed E-state index contributed by atoms with van der Waals surface area (Å²) in [6, 6.07) is 4.97. The Morgan fingerprint density at radius 1 is 1.28 bits per heavy atom. The van der Waals surface area contributed by atoms with Gasteiger partial charge in [0.05, 0.1) is 0 Å². The Balaban J connectivity index is 2.70. The Morgan fingerprint density at radius 2 is 1.83 bits per heavy atom. The molecule has 0 fully saturated rings. The van der Waals surface area contributed by atoms with Crippen molar-refractivity contribution in [3.63, 3.8) is 0 Å². The summed E-state index contributed by atoms with van der Waals surface area (Å²) in [6.45, 7) is 0.686. The van der Waals surface area contributed by atoms with Crippen LogP contribution in [0.2, 0.25) is 0 Å². The van der Waals surface area contributed by atoms with E-state index in [9.17, 15) is 13.6 Å². The first-order valence-electron chi connectivity index (χ1n) is 5.44. The molecule has 2 N–H and O–H groups in total. The van der Waals surface area contributed by atoms with Crippen LogP contribution in [-0.4, -0.2) is 23.7 Å². The number of halogens is 2. The molecule has 0 bridgehead atoms. The van der Waals surface area contributed by atoms with Crippen LogP contribution in [0.1, 0.15) is 13.8 Å². The van der Waals surface area contributed by atoms with Gasteiger partial charge >= 0.3 is 12.6 Å². The third-order valence-electron chi connectivity index (χ3n) is 2.33. The minimum absolute atomic E-state index is 0.0342. The second-order valence-corrected chi connectivity index (χ2v) is 4.11. The van der Waals surface area contributed by atoms with Crippen molar-refractivity contribution in [2.45, 2.75) is 26.5 Å². The maximum atomic E-state index is 11.9. The lowest BCUT2D eigenvalue weighted by molar-refractivity contribution is -0.138. The average molecular weight is 259 g/mol. The zero-order valence-electron chi connectivity index (χ0n) is 10.1. The van der Waals surface area contributed by atoms with Crippen LogP contribution in [0.5, 0.6) is 5.75 Å². The number of benzene rings is 1. The number of carboxylic acid groups (broad SMARTS) is 1. The number of aliphatic carboxylic acids is 1. The van der Waals surface area contributed by atoms with Crippen molar-refractivity contribution in [3.8, 4) is 5.75 Å². The van der Waals surface area contributed by atoms with Gasteiger partial charge in [-0.05, 0) is 30.2 Å². The molecular formula is C12H15F2NO3. The van der Waals surface area contributed by atoms with Gasteiger partial charge in [-0.15, -0.1) is 0 Å². The van der Waals surface area contributed by atoms with Gasteiger partial charge in [0.1, 0.15) is 11.8 Å². The molecule has 1 aromatic carbocycles. The molecule has 0 aliphatic carbocycles. The number of carboxylic acids is 1. The molecule has 4 nitrogen and oxygen atoms in total. The van der Waals surface area contributed by atoms with Crippen LogP contribution in [0.3, 0.4) is 0 Å². The Hall–Kier alpha value is -1.85. The highest BCUT2D eigenvalue weighted by Crippen LogP contribution is 2.19. The summed E-state index contributed by atoms with van der Waals surface area (Å²) in [5.41, 5.74) is 0.540. The van der Waals surface area contributed by atoms with Gasteiger partial charge in [-0.25, -0.2) is 4.79 Å². The summed E-state index contributed by atoms with van der Waals surface area (Å²) in [5.74, 6) is -1.02. The van der Waals surface area contributed by atoms with Crippen molar-refractivity contribution >= 4 is 11.7 Å². The van der Waals surface area contributed by atoms with E-state index in [0.717, 1.165) is 0 Å². The first kappa shape index (κ1) is 14.2. The van der Waals surface area contributed by atoms with Crippen molar-refractivity contribution in [1.82, 2.24) is 0 Å². The van der Waals surface area contributed by atoms with Crippen molar-refractivity contribution in [2.24, 2.45) is 5.92 Å². The molecule has 0 radical (unpaired) electrons. The molecular weight excluding hydrogens is 244 g/mol. The van der Waals surface area contributed by atoms with Crippen LogP contribution in [0.15, 0.2) is 24.3 Å². The predicted octanol–water partition coefficient (Wildman–Crippen LogP) is 2.81. The van der Waals surface area contributed by atoms with Crippen LogP contribution in [0.4, 0.5) is 14.5 Å². The summed E-state index contributed by atoms with van der Waals surface area (Å²) in [5, 5.41) is 11.8. The summed E-state index contributed by atoms with van der Waals surface area (Å²) < 4.78 is 28.0. The van der Waals surface area contributed by atoms with Gasteiger partial charge in [0.25, 0.3) is 0 Å². The van der Waals surface area contributed by atoms with Crippen LogP contribution in [0, 0.1) is 5.92 Å². The van der Waals surface area contributed by atoms with Gasteiger partial charge in [0, 0.05) is 5.69 Å². The lowest BCUT2D eigenvalue weighted by atomic mass is 10.0. The number of carbonyl (C=O) groups is 1. The van der Waals surface area contributed by atoms with Gasteiger partial charge in [-0.2, -0.15) is 8.78 Å². The number of hydrogen-bond donors (Lipinski definition) is 2. The highest BCUT2D eigenvalue weighted by molar-refractivity contribution is 5.77. The topological polar surface area (TPSA) is 58.6 Å². The Labute approximate surface area is 104 Å². The summed E-state index contributed by atoms with van der Waals surface area (Å²) >= 11 is 0. The van der Waals surface area contributed by atoms with E-state index in [0.29, 0.717) is 5.69 Å². The molecule has 0 amide bonds. The lowest BCUT2D eigenvalue weighted by Gasteiger charge is -2.19. The molecule has 0 saturated heterocycles. The largest absolute Gasteiger partial charge is 0.480 e. The number of anilines is 1. The van der Waals surface area contributed by atoms with Crippen molar-refractivity contribution in [3.05, 3.63) is 24.3 Å². The Bertz CT molecular complexity index is 393. The molecule has 1 rings (SSSR count). The zero-order valence-corrected chi connectivity index (χ0v) is 10.1. The van der Waals surface area contributed by atoms with Crippen LogP contribution in [-0.2, 0) is 4.79 Å². The minimum Gasteiger partial charge on any atom is -0.480 e. The van der Waals surface area contributed by atoms with E-state index in [2.05, 4.69) is 10.1 Å². The van der Waals surface area contributed by atoms with Crippen molar-refractivity contribution in [2.75, 3.05) is 5.32 Å². The van der Waals surface area contributed by atoms with E-state index < -0.39 is 18.6 Å². The van der Waals surface area contributed by atoms with E-state index in [1.165, 1.54) is 24.3 Å². The molecule has 0 saturated carbocycles. The fourth-order valence-electron chi connectivity index (χ4n) is 1.43. The zero-order chi connectivity index (χ0) is 13.7. The number of alkyl halides is 2. The molecule has 0 spiro atoms. The van der Waals surface area contributed by atoms with Gasteiger partial charge in [-0.3, -0.25) is 0 Å². The van der Waals surface area contributed by atoms with Crippen LogP contribution in [0.25, 0.3) is 0 Å². The number of ether oxygens (including phenoxy) is 1. The van der Waals surface area contributed by atoms with E-state index >= 15 is 0 Å². The fourth-order valence-corrected chi connectivity index (χ4v) is 1.43. The van der Waals surface area contributed by atoms with Gasteiger partial charge in [-0.1, -0.05) is 13.8 Å². The number of rotatable bonds is 6. The van der Waals surface area contributed by atoms with Gasteiger partial charge < -0.3 is 15.2 Å². The third-order valence-corrected chi connectivity index (χ3v) is 2.33. The fraction of sp³-hybridized carbons (Fsp3) is 0.417. The molecule has 0 aliphatic rings. The van der Waals surface area contributed by atoms with Crippen molar-refractivity contribution < 1.29 is 23.4 Å². The SMILES string of the molecule is CC(C)C(Nc1ccc(OC(F)F)cc1)C(=O)O. The molecule has 0 aromatic heterocycles. The quantitative estimate of drug-likeness (QED) is 0.824. The predicted molar refractivity (Wildman–Crippen MR) is 63.0 cm³/mol. The number of nitrogens with one attached hydrogen (secondary N) is 1. The molecule has 18 heavy (non-hydrogen) atoms. The van der Waals surface area contributed by atoms with E-state index in [1.54, 1.807) is 13.8 Å². The van der Waals surface area contributed by atoms with E-state index in [1.807, 2.05) is 0 Å². The Kier molecular flexibility index (Phi) is 4.88. The van der Waals surface area contributed by atoms with Gasteiger partial charge in [0.15, 0.2) is 0 Å². The molecule has 1 unspecified atom stereocenters. The standard InChI is InChI=1S/C12H15F2NO3/c1-7(2)10(11(16)17)15-8-3-5-9(6-4-8)18-12(13)14/h3-7,10,12,15H,1-2H3,(H,16,17). The summed E-state index contributed by atoms with van der Waals surface area (Å²) in [7, 11) is 0. The third kappa shape index (κ3) is 4.20. The minimum atomic E-state index is -2.87. The average Bonchev–Trinajstić information content (AvgIpc) is 2.26. The summed E-state index contributed by atoms with van der Waals surface area (Å²) in [6.07, 6.45) is 0. The monoisotopic (exact) mass is 259 g/mol. The van der Waals surface area contributed by atoms with Crippen LogP contribution < -0.4 is 10.1 Å². The maximum absolute atomic E-state index is 11.9. The normalized spacial score (nSPS) is 12.6.